The van der Waals surface area contributed by atoms with Gasteiger partial charge < -0.3 is 9.30 Å². The van der Waals surface area contributed by atoms with Crippen LogP contribution in [0.2, 0.25) is 0 Å². The smallest absolute Gasteiger partial charge is 0.0620 e. The van der Waals surface area contributed by atoms with Gasteiger partial charge in [0.05, 0.1) is 11.0 Å². The Kier molecular flexibility index (Phi) is 8.89. The van der Waals surface area contributed by atoms with Crippen LogP contribution in [0, 0.1) is 0 Å². The molecule has 308 valence electrons. The summed E-state index contributed by atoms with van der Waals surface area (Å²) >= 11 is 0. The minimum atomic E-state index is 1.09. The van der Waals surface area contributed by atoms with Crippen molar-refractivity contribution < 1.29 is 0 Å². The monoisotopic (exact) mass is 838 g/mol. The lowest BCUT2D eigenvalue weighted by molar-refractivity contribution is 1.26. The largest absolute Gasteiger partial charge is 0.315 e. The molecule has 0 amide bonds. The molecule has 13 aromatic rings. The molecule has 11 aromatic carbocycles. The number of fused-ring (bicyclic) bond motifs is 10. The van der Waals surface area contributed by atoms with E-state index in [4.69, 9.17) is 0 Å². The lowest BCUT2D eigenvalue weighted by Crippen LogP contribution is -2.09. The molecule has 0 atom stereocenters. The molecule has 0 saturated carbocycles. The zero-order chi connectivity index (χ0) is 43.6. The summed E-state index contributed by atoms with van der Waals surface area (Å²) in [6.45, 7) is 0. The summed E-state index contributed by atoms with van der Waals surface area (Å²) < 4.78 is 2.41. The second kappa shape index (κ2) is 15.5. The van der Waals surface area contributed by atoms with E-state index in [0.717, 1.165) is 22.6 Å². The molecule has 13 rings (SSSR count). The number of hydrogen-bond acceptors (Lipinski definition) is 1. The Morgan fingerprint density at radius 2 is 0.727 bits per heavy atom. The third-order valence-electron chi connectivity index (χ3n) is 13.6. The van der Waals surface area contributed by atoms with E-state index >= 15 is 0 Å². The Hall–Kier alpha value is -8.72. The molecule has 0 aliphatic heterocycles. The first-order valence-electron chi connectivity index (χ1n) is 22.7. The van der Waals surface area contributed by atoms with Gasteiger partial charge in [0.15, 0.2) is 0 Å². The van der Waals surface area contributed by atoms with Crippen molar-refractivity contribution in [3.05, 3.63) is 255 Å². The Balaban J connectivity index is 0.937. The van der Waals surface area contributed by atoms with Gasteiger partial charge in [-0.3, -0.25) is 0 Å². The van der Waals surface area contributed by atoms with Gasteiger partial charge in [0.1, 0.15) is 0 Å². The third kappa shape index (κ3) is 6.18. The number of nitrogens with zero attached hydrogens (tertiary/aromatic N) is 2. The molecule has 0 aliphatic rings. The van der Waals surface area contributed by atoms with Crippen molar-refractivity contribution in [1.29, 1.82) is 0 Å². The van der Waals surface area contributed by atoms with Crippen molar-refractivity contribution in [3.8, 4) is 44.5 Å². The number of hydrogen-bond donors (Lipinski definition) is 0. The van der Waals surface area contributed by atoms with Crippen molar-refractivity contribution >= 4 is 76.6 Å². The van der Waals surface area contributed by atoms with E-state index in [-0.39, 0.29) is 0 Å². The highest BCUT2D eigenvalue weighted by Crippen LogP contribution is 2.45. The van der Waals surface area contributed by atoms with Gasteiger partial charge in [-0.1, -0.05) is 200 Å². The van der Waals surface area contributed by atoms with E-state index in [1.165, 1.54) is 98.5 Å². The molecule has 0 saturated heterocycles. The van der Waals surface area contributed by atoms with Crippen molar-refractivity contribution in [2.75, 3.05) is 4.90 Å². The van der Waals surface area contributed by atoms with Crippen LogP contribution in [0.3, 0.4) is 0 Å². The number of pyridine rings is 1. The minimum absolute atomic E-state index is 1.09. The van der Waals surface area contributed by atoms with Gasteiger partial charge in [0, 0.05) is 39.6 Å². The van der Waals surface area contributed by atoms with Crippen molar-refractivity contribution in [1.82, 2.24) is 4.40 Å². The summed E-state index contributed by atoms with van der Waals surface area (Å²) in [6.07, 6.45) is 2.27. The molecule has 0 spiro atoms. The Morgan fingerprint density at radius 1 is 0.288 bits per heavy atom. The fourth-order valence-corrected chi connectivity index (χ4v) is 10.5. The third-order valence-corrected chi connectivity index (χ3v) is 13.6. The molecular formula is C64H42N2. The number of aromatic nitrogens is 1. The van der Waals surface area contributed by atoms with Gasteiger partial charge in [0.2, 0.25) is 0 Å². The van der Waals surface area contributed by atoms with E-state index < -0.39 is 0 Å². The van der Waals surface area contributed by atoms with E-state index in [1.54, 1.807) is 0 Å². The van der Waals surface area contributed by atoms with Crippen molar-refractivity contribution in [2.24, 2.45) is 0 Å². The average molecular weight is 839 g/mol. The molecule has 0 N–H and O–H groups in total. The van der Waals surface area contributed by atoms with Crippen LogP contribution < -0.4 is 4.90 Å². The molecule has 0 aliphatic carbocycles. The van der Waals surface area contributed by atoms with Gasteiger partial charge in [-0.2, -0.15) is 0 Å². The molecule has 2 heteroatoms. The zero-order valence-corrected chi connectivity index (χ0v) is 36.1. The van der Waals surface area contributed by atoms with Gasteiger partial charge >= 0.3 is 0 Å². The van der Waals surface area contributed by atoms with Crippen LogP contribution in [0.1, 0.15) is 0 Å². The maximum absolute atomic E-state index is 2.41. The molecule has 0 unspecified atom stereocenters. The first-order chi connectivity index (χ1) is 32.7. The second-order valence-electron chi connectivity index (χ2n) is 17.3. The van der Waals surface area contributed by atoms with Crippen LogP contribution in [-0.4, -0.2) is 4.40 Å². The lowest BCUT2D eigenvalue weighted by Gasteiger charge is -2.26. The number of benzene rings is 11. The van der Waals surface area contributed by atoms with E-state index in [0.29, 0.717) is 0 Å². The van der Waals surface area contributed by atoms with Crippen LogP contribution in [0.25, 0.3) is 104 Å². The number of rotatable bonds is 7. The summed E-state index contributed by atoms with van der Waals surface area (Å²) in [6, 6.07) is 90.8. The zero-order valence-electron chi connectivity index (χ0n) is 36.1. The van der Waals surface area contributed by atoms with Gasteiger partial charge in [-0.05, 0) is 125 Å². The summed E-state index contributed by atoms with van der Waals surface area (Å²) in [5.41, 5.74) is 15.4. The lowest BCUT2D eigenvalue weighted by atomic mass is 9.94. The SMILES string of the molecule is c1ccc(-c2c3c4ccccc4c4ccccc4c3n3ccc(-c4ccc(N(c5ccc(-c6cccc7ccccc67)cc5)c5ccc(-c6cccc7ccccc67)cc5)cc4)cc23)cc1. The normalized spacial score (nSPS) is 11.6. The summed E-state index contributed by atoms with van der Waals surface area (Å²) in [4.78, 5) is 2.37. The fourth-order valence-electron chi connectivity index (χ4n) is 10.5. The molecule has 0 bridgehead atoms. The average Bonchev–Trinajstić information content (AvgIpc) is 3.74. The van der Waals surface area contributed by atoms with E-state index in [2.05, 4.69) is 264 Å². The maximum atomic E-state index is 2.41. The predicted molar refractivity (Wildman–Crippen MR) is 281 cm³/mol. The maximum Gasteiger partial charge on any atom is 0.0620 e. The molecule has 0 fully saturated rings. The van der Waals surface area contributed by atoms with Gasteiger partial charge in [-0.25, -0.2) is 0 Å². The first-order valence-corrected chi connectivity index (χ1v) is 22.7. The summed E-state index contributed by atoms with van der Waals surface area (Å²) in [5, 5.41) is 11.4. The van der Waals surface area contributed by atoms with Gasteiger partial charge in [0.25, 0.3) is 0 Å². The highest BCUT2D eigenvalue weighted by atomic mass is 15.1. The van der Waals surface area contributed by atoms with Crippen LogP contribution in [0.15, 0.2) is 255 Å². The van der Waals surface area contributed by atoms with E-state index in [9.17, 15) is 0 Å². The highest BCUT2D eigenvalue weighted by molar-refractivity contribution is 6.30. The molecular weight excluding hydrogens is 797 g/mol. The Labute approximate surface area is 383 Å². The standard InChI is InChI=1S/C64H42N2/c1-2-16-48(17-3-1)62-61-42-49(40-41-65(61)64-60-25-11-9-23-58(60)57-22-8-10-24-59(57)63(62)64)43-28-34-50(35-29-43)66(51-36-30-46(31-37-51)55-26-12-18-44-14-4-6-20-53(44)55)52-38-32-47(33-39-52)56-27-13-19-45-15-5-7-21-54(45)56/h1-42H. The Bertz CT molecular complexity index is 3820. The van der Waals surface area contributed by atoms with E-state index in [1.807, 2.05) is 0 Å². The molecule has 2 nitrogen and oxygen atoms in total. The second-order valence-corrected chi connectivity index (χ2v) is 17.3. The molecule has 0 radical (unpaired) electrons. The molecule has 2 aromatic heterocycles. The van der Waals surface area contributed by atoms with Gasteiger partial charge in [-0.15, -0.1) is 0 Å². The fraction of sp³-hybridized carbons (Fsp3) is 0. The van der Waals surface area contributed by atoms with Crippen LogP contribution in [-0.2, 0) is 0 Å². The highest BCUT2D eigenvalue weighted by Gasteiger charge is 2.21. The molecule has 66 heavy (non-hydrogen) atoms. The minimum Gasteiger partial charge on any atom is -0.315 e. The predicted octanol–water partition coefficient (Wildman–Crippen LogP) is 17.8. The van der Waals surface area contributed by atoms with Crippen LogP contribution >= 0.6 is 0 Å². The van der Waals surface area contributed by atoms with Crippen LogP contribution in [0.5, 0.6) is 0 Å². The van der Waals surface area contributed by atoms with Crippen molar-refractivity contribution in [3.63, 3.8) is 0 Å². The summed E-state index contributed by atoms with van der Waals surface area (Å²) in [5.74, 6) is 0. The summed E-state index contributed by atoms with van der Waals surface area (Å²) in [7, 11) is 0. The van der Waals surface area contributed by atoms with Crippen LogP contribution in [0.4, 0.5) is 17.1 Å². The van der Waals surface area contributed by atoms with Crippen molar-refractivity contribution in [2.45, 2.75) is 0 Å². The quantitative estimate of drug-likeness (QED) is 0.145. The Morgan fingerprint density at radius 3 is 1.29 bits per heavy atom. The number of anilines is 3. The topological polar surface area (TPSA) is 7.65 Å². The molecule has 2 heterocycles. The first kappa shape index (κ1) is 37.8.